The van der Waals surface area contributed by atoms with Crippen molar-refractivity contribution >= 4 is 29.4 Å². The number of furan rings is 1. The van der Waals surface area contributed by atoms with Gasteiger partial charge in [0.15, 0.2) is 11.5 Å². The molecule has 0 unspecified atom stereocenters. The number of nitrogens with one attached hydrogen (secondary N) is 1. The largest absolute Gasteiger partial charge is 0.497 e. The fraction of sp³-hybridized carbons (Fsp3) is 0.206. The van der Waals surface area contributed by atoms with E-state index in [2.05, 4.69) is 5.32 Å². The first kappa shape index (κ1) is 29.9. The van der Waals surface area contributed by atoms with Crippen molar-refractivity contribution in [1.29, 1.82) is 0 Å². The van der Waals surface area contributed by atoms with Crippen LogP contribution >= 0.6 is 11.8 Å². The van der Waals surface area contributed by atoms with Gasteiger partial charge < -0.3 is 23.9 Å². The van der Waals surface area contributed by atoms with Crippen molar-refractivity contribution in [1.82, 2.24) is 15.1 Å². The monoisotopic (exact) mass is 624 g/mol. The first-order valence-electron chi connectivity index (χ1n) is 14.3. The minimum atomic E-state index is -0.331. The van der Waals surface area contributed by atoms with Gasteiger partial charge in [0.05, 0.1) is 56.5 Å². The van der Waals surface area contributed by atoms with Crippen LogP contribution in [0, 0.1) is 0 Å². The Morgan fingerprint density at radius 1 is 0.956 bits per heavy atom. The zero-order valence-corrected chi connectivity index (χ0v) is 25.9. The molecule has 0 fully saturated rings. The summed E-state index contributed by atoms with van der Waals surface area (Å²) >= 11 is 1.48. The van der Waals surface area contributed by atoms with E-state index in [1.165, 1.54) is 16.7 Å². The van der Waals surface area contributed by atoms with Crippen LogP contribution in [0.15, 0.2) is 95.6 Å². The summed E-state index contributed by atoms with van der Waals surface area (Å²) in [5.41, 5.74) is 4.00. The van der Waals surface area contributed by atoms with E-state index < -0.39 is 0 Å². The van der Waals surface area contributed by atoms with E-state index in [0.29, 0.717) is 40.2 Å². The molecule has 0 bridgehead atoms. The topological polar surface area (TPSA) is 108 Å². The number of hydrogen-bond donors (Lipinski definition) is 1. The molecule has 2 amide bonds. The Labute approximate surface area is 264 Å². The maximum Gasteiger partial charge on any atom is 0.240 e. The Balaban J connectivity index is 1.54. The number of anilines is 1. The van der Waals surface area contributed by atoms with Crippen LogP contribution in [-0.2, 0) is 16.1 Å². The molecule has 1 N–H and O–H groups in total. The molecule has 1 aliphatic heterocycles. The molecule has 1 aliphatic rings. The highest BCUT2D eigenvalue weighted by Gasteiger charge is 2.38. The van der Waals surface area contributed by atoms with Crippen molar-refractivity contribution in [2.45, 2.75) is 11.8 Å². The summed E-state index contributed by atoms with van der Waals surface area (Å²) in [7, 11) is 4.79. The lowest BCUT2D eigenvalue weighted by atomic mass is 9.99. The number of aromatic nitrogens is 2. The molecule has 0 spiro atoms. The van der Waals surface area contributed by atoms with Crippen LogP contribution in [0.3, 0.4) is 0 Å². The molecule has 0 radical (unpaired) electrons. The van der Waals surface area contributed by atoms with Gasteiger partial charge >= 0.3 is 0 Å². The zero-order valence-electron chi connectivity index (χ0n) is 25.1. The lowest BCUT2D eigenvalue weighted by Gasteiger charge is -2.23. The van der Waals surface area contributed by atoms with Crippen molar-refractivity contribution in [2.75, 3.05) is 38.5 Å². The van der Waals surface area contributed by atoms with Crippen LogP contribution in [0.4, 0.5) is 5.82 Å². The number of ether oxygens (including phenoxy) is 3. The molecule has 3 heterocycles. The third-order valence-corrected chi connectivity index (χ3v) is 8.76. The highest BCUT2D eigenvalue weighted by molar-refractivity contribution is 8.00. The quantitative estimate of drug-likeness (QED) is 0.213. The summed E-state index contributed by atoms with van der Waals surface area (Å²) in [5.74, 6) is 2.58. The molecule has 10 nitrogen and oxygen atoms in total. The number of methoxy groups -OCH3 is 3. The molecular formula is C34H32N4O6S. The van der Waals surface area contributed by atoms with Gasteiger partial charge in [-0.3, -0.25) is 14.5 Å². The number of fused-ring (bicyclic) bond motifs is 1. The maximum absolute atomic E-state index is 14.0. The Kier molecular flexibility index (Phi) is 8.79. The van der Waals surface area contributed by atoms with E-state index in [9.17, 15) is 9.59 Å². The Bertz CT molecular complexity index is 1790. The Morgan fingerprint density at radius 3 is 2.42 bits per heavy atom. The number of amides is 2. The van der Waals surface area contributed by atoms with Crippen molar-refractivity contribution in [3.05, 3.63) is 108 Å². The van der Waals surface area contributed by atoms with Crippen LogP contribution in [0.1, 0.15) is 22.1 Å². The second-order valence-electron chi connectivity index (χ2n) is 10.2. The molecule has 5 aromatic rings. The summed E-state index contributed by atoms with van der Waals surface area (Å²) in [6.45, 7) is -0.00141. The van der Waals surface area contributed by atoms with Crippen LogP contribution in [0.2, 0.25) is 0 Å². The average molecular weight is 625 g/mol. The molecule has 11 heteroatoms. The molecule has 2 aromatic heterocycles. The van der Waals surface area contributed by atoms with Crippen LogP contribution in [0.5, 0.6) is 17.2 Å². The Morgan fingerprint density at radius 2 is 1.73 bits per heavy atom. The van der Waals surface area contributed by atoms with Gasteiger partial charge in [-0.05, 0) is 54.1 Å². The molecule has 0 aliphatic carbocycles. The Hall–Kier alpha value is -5.16. The molecule has 230 valence electrons. The summed E-state index contributed by atoms with van der Waals surface area (Å²) in [4.78, 5) is 28.9. The minimum Gasteiger partial charge on any atom is -0.497 e. The third-order valence-electron chi connectivity index (χ3n) is 7.51. The van der Waals surface area contributed by atoms with E-state index in [0.717, 1.165) is 16.7 Å². The van der Waals surface area contributed by atoms with Gasteiger partial charge in [0.1, 0.15) is 23.9 Å². The van der Waals surface area contributed by atoms with Crippen molar-refractivity contribution in [3.63, 3.8) is 0 Å². The SMILES string of the molecule is COc1ccc(-n2nc(-c3ccccc3)c3c2N(CC(=O)NCc2ccco2)C(=O)CS[C@@H]3c2ccc(OC)c(OC)c2)cc1. The minimum absolute atomic E-state index is 0.135. The maximum atomic E-state index is 14.0. The second kappa shape index (κ2) is 13.2. The van der Waals surface area contributed by atoms with Crippen LogP contribution < -0.4 is 24.4 Å². The van der Waals surface area contributed by atoms with Gasteiger partial charge in [-0.25, -0.2) is 4.68 Å². The second-order valence-corrected chi connectivity index (χ2v) is 11.3. The lowest BCUT2D eigenvalue weighted by molar-refractivity contribution is -0.123. The first-order chi connectivity index (χ1) is 22.0. The van der Waals surface area contributed by atoms with Gasteiger partial charge in [0.25, 0.3) is 0 Å². The predicted octanol–water partition coefficient (Wildman–Crippen LogP) is 5.64. The summed E-state index contributed by atoms with van der Waals surface area (Å²) in [6.07, 6.45) is 1.55. The molecule has 0 saturated carbocycles. The van der Waals surface area contributed by atoms with Crippen LogP contribution in [0.25, 0.3) is 16.9 Å². The molecule has 0 saturated heterocycles. The van der Waals surface area contributed by atoms with E-state index in [-0.39, 0.29) is 35.9 Å². The van der Waals surface area contributed by atoms with Crippen molar-refractivity contribution < 1.29 is 28.2 Å². The standard InChI is InChI=1S/C34H32N4O6S/c1-41-25-14-12-24(13-15-25)38-34-31(32(36-38)22-8-5-4-6-9-22)33(23-11-16-27(42-2)28(18-23)43-3)45-21-30(40)37(34)20-29(39)35-19-26-10-7-17-44-26/h4-18,33H,19-21H2,1-3H3,(H,35,39)/t33-/m1/s1. The van der Waals surface area contributed by atoms with Gasteiger partial charge in [-0.2, -0.15) is 5.10 Å². The normalized spacial score (nSPS) is 14.4. The number of carbonyl (C=O) groups excluding carboxylic acids is 2. The van der Waals surface area contributed by atoms with Crippen molar-refractivity contribution in [2.24, 2.45) is 0 Å². The van der Waals surface area contributed by atoms with E-state index in [1.807, 2.05) is 72.8 Å². The average Bonchev–Trinajstić information content (AvgIpc) is 3.72. The van der Waals surface area contributed by atoms with Crippen molar-refractivity contribution in [3.8, 4) is 34.2 Å². The van der Waals surface area contributed by atoms with Crippen LogP contribution in [-0.4, -0.2) is 55.2 Å². The van der Waals surface area contributed by atoms with Gasteiger partial charge in [-0.15, -0.1) is 11.8 Å². The van der Waals surface area contributed by atoms with E-state index in [1.54, 1.807) is 44.4 Å². The number of hydrogen-bond acceptors (Lipinski definition) is 8. The van der Waals surface area contributed by atoms with Gasteiger partial charge in [-0.1, -0.05) is 36.4 Å². The van der Waals surface area contributed by atoms with E-state index in [4.69, 9.17) is 23.7 Å². The summed E-state index contributed by atoms with van der Waals surface area (Å²) in [6, 6.07) is 26.6. The predicted molar refractivity (Wildman–Crippen MR) is 172 cm³/mol. The smallest absolute Gasteiger partial charge is 0.240 e. The molecule has 3 aromatic carbocycles. The number of thioether (sulfide) groups is 1. The highest BCUT2D eigenvalue weighted by Crippen LogP contribution is 2.49. The number of nitrogens with zero attached hydrogens (tertiary/aromatic N) is 3. The number of carbonyl (C=O) groups is 2. The van der Waals surface area contributed by atoms with Gasteiger partial charge in [0.2, 0.25) is 11.8 Å². The fourth-order valence-electron chi connectivity index (χ4n) is 5.31. The summed E-state index contributed by atoms with van der Waals surface area (Å²) in [5, 5.41) is 7.67. The third kappa shape index (κ3) is 6.12. The number of rotatable bonds is 10. The lowest BCUT2D eigenvalue weighted by Crippen LogP contribution is -2.42. The molecule has 1 atom stereocenters. The zero-order chi connectivity index (χ0) is 31.3. The van der Waals surface area contributed by atoms with E-state index >= 15 is 0 Å². The molecule has 6 rings (SSSR count). The first-order valence-corrected chi connectivity index (χ1v) is 15.3. The summed E-state index contributed by atoms with van der Waals surface area (Å²) < 4.78 is 23.7. The molecule has 45 heavy (non-hydrogen) atoms. The van der Waals surface area contributed by atoms with Gasteiger partial charge in [0, 0.05) is 11.1 Å². The fourth-order valence-corrected chi connectivity index (χ4v) is 6.50. The molecular weight excluding hydrogens is 592 g/mol. The highest BCUT2D eigenvalue weighted by atomic mass is 32.2. The number of benzene rings is 3.